The number of alkyl halides is 4. The first-order chi connectivity index (χ1) is 18.6. The van der Waals surface area contributed by atoms with E-state index >= 15 is 4.39 Å². The summed E-state index contributed by atoms with van der Waals surface area (Å²) in [4.78, 5) is 29.3. The number of carbonyl (C=O) groups is 2. The molecule has 40 heavy (non-hydrogen) atoms. The van der Waals surface area contributed by atoms with E-state index in [1.54, 1.807) is 32.3 Å². The maximum absolute atomic E-state index is 15.6. The van der Waals surface area contributed by atoms with Crippen LogP contribution >= 0.6 is 11.6 Å². The van der Waals surface area contributed by atoms with Crippen molar-refractivity contribution in [2.75, 3.05) is 52.8 Å². The molecule has 2 aromatic carbocycles. The van der Waals surface area contributed by atoms with Crippen LogP contribution in [-0.4, -0.2) is 86.5 Å². The number of hydrogen-bond donors (Lipinski definition) is 1. The van der Waals surface area contributed by atoms with Gasteiger partial charge in [-0.2, -0.15) is 13.2 Å². The summed E-state index contributed by atoms with van der Waals surface area (Å²) in [5, 5.41) is 10.9. The van der Waals surface area contributed by atoms with Crippen LogP contribution in [0.2, 0.25) is 5.02 Å². The molecule has 1 aliphatic rings. The lowest BCUT2D eigenvalue weighted by atomic mass is 9.88. The lowest BCUT2D eigenvalue weighted by Crippen LogP contribution is -2.55. The number of piperidine rings is 1. The Morgan fingerprint density at radius 1 is 1.10 bits per heavy atom. The second-order valence-corrected chi connectivity index (χ2v) is 10.7. The first-order valence-electron chi connectivity index (χ1n) is 12.8. The fraction of sp³-hybridized carbons (Fsp3) is 0.500. The first-order valence-corrected chi connectivity index (χ1v) is 13.1. The fourth-order valence-electron chi connectivity index (χ4n) is 4.80. The number of likely N-dealkylation sites (N-methyl/N-ethyl adjacent to an activating group) is 1. The summed E-state index contributed by atoms with van der Waals surface area (Å²) in [6, 6.07) is 9.70. The summed E-state index contributed by atoms with van der Waals surface area (Å²) in [7, 11) is 5.67. The standard InChI is InChI=1S/C28H34ClF4N3O4/c1-34(2)24(37)22-10-9-20(18-23(22)29)36-15-12-26(30,13-16-36)11-6-14-35(3)25(38)27(39,28(31,32)33)19-7-5-8-21(17-19)40-4/h5,7-10,17-18,39H,6,11-16H2,1-4H3. The highest BCUT2D eigenvalue weighted by molar-refractivity contribution is 6.34. The second kappa shape index (κ2) is 12.2. The van der Waals surface area contributed by atoms with E-state index in [2.05, 4.69) is 0 Å². The van der Waals surface area contributed by atoms with Gasteiger partial charge in [0.2, 0.25) is 0 Å². The van der Waals surface area contributed by atoms with Crippen molar-refractivity contribution in [1.82, 2.24) is 9.80 Å². The lowest BCUT2D eigenvalue weighted by Gasteiger charge is -2.38. The van der Waals surface area contributed by atoms with E-state index in [0.717, 1.165) is 29.8 Å². The van der Waals surface area contributed by atoms with Crippen molar-refractivity contribution in [3.63, 3.8) is 0 Å². The van der Waals surface area contributed by atoms with Crippen molar-refractivity contribution < 1.29 is 37.0 Å². The van der Waals surface area contributed by atoms with Crippen LogP contribution in [0.5, 0.6) is 5.75 Å². The zero-order valence-electron chi connectivity index (χ0n) is 22.9. The Morgan fingerprint density at radius 2 is 1.75 bits per heavy atom. The molecule has 1 atom stereocenters. The number of methoxy groups -OCH3 is 1. The van der Waals surface area contributed by atoms with Gasteiger partial charge in [-0.05, 0) is 56.0 Å². The number of hydrogen-bond acceptors (Lipinski definition) is 5. The predicted octanol–water partition coefficient (Wildman–Crippen LogP) is 5.05. The van der Waals surface area contributed by atoms with Crippen LogP contribution in [0.25, 0.3) is 0 Å². The number of benzene rings is 2. The van der Waals surface area contributed by atoms with Crippen molar-refractivity contribution in [2.45, 2.75) is 43.1 Å². The number of rotatable bonds is 9. The molecule has 0 bridgehead atoms. The number of nitrogens with zero attached hydrogens (tertiary/aromatic N) is 3. The minimum Gasteiger partial charge on any atom is -0.497 e. The van der Waals surface area contributed by atoms with E-state index in [4.69, 9.17) is 16.3 Å². The molecule has 1 heterocycles. The van der Waals surface area contributed by atoms with Crippen LogP contribution in [-0.2, 0) is 10.4 Å². The van der Waals surface area contributed by atoms with E-state index in [1.807, 2.05) is 4.90 Å². The molecule has 0 radical (unpaired) electrons. The average molecular weight is 588 g/mol. The molecule has 0 aromatic heterocycles. The molecule has 1 N–H and O–H groups in total. The highest BCUT2D eigenvalue weighted by Gasteiger charge is 2.61. The molecule has 2 amide bonds. The van der Waals surface area contributed by atoms with Gasteiger partial charge in [0, 0.05) is 52.0 Å². The Balaban J connectivity index is 1.60. The van der Waals surface area contributed by atoms with Crippen LogP contribution in [0, 0.1) is 0 Å². The zero-order chi connectivity index (χ0) is 29.9. The number of halogens is 5. The molecule has 1 aliphatic heterocycles. The fourth-order valence-corrected chi connectivity index (χ4v) is 5.05. The van der Waals surface area contributed by atoms with E-state index in [0.29, 0.717) is 23.7 Å². The summed E-state index contributed by atoms with van der Waals surface area (Å²) in [6.45, 7) is 0.589. The number of aliphatic hydroxyl groups is 1. The van der Waals surface area contributed by atoms with E-state index in [1.165, 1.54) is 24.1 Å². The van der Waals surface area contributed by atoms with Crippen molar-refractivity contribution in [3.05, 3.63) is 58.6 Å². The molecular formula is C28H34ClF4N3O4. The predicted molar refractivity (Wildman–Crippen MR) is 145 cm³/mol. The topological polar surface area (TPSA) is 73.3 Å². The third kappa shape index (κ3) is 6.63. The SMILES string of the molecule is COc1cccc(C(O)(C(=O)N(C)CCCC2(F)CCN(c3ccc(C(=O)N(C)C)c(Cl)c3)CC2)C(F)(F)F)c1. The van der Waals surface area contributed by atoms with Gasteiger partial charge in [-0.25, -0.2) is 4.39 Å². The van der Waals surface area contributed by atoms with Gasteiger partial charge in [-0.1, -0.05) is 23.7 Å². The van der Waals surface area contributed by atoms with Gasteiger partial charge in [0.15, 0.2) is 0 Å². The van der Waals surface area contributed by atoms with Crippen LogP contribution in [0.4, 0.5) is 23.2 Å². The first kappa shape index (κ1) is 31.5. The Bertz CT molecular complexity index is 1220. The van der Waals surface area contributed by atoms with Crippen molar-refractivity contribution in [3.8, 4) is 5.75 Å². The summed E-state index contributed by atoms with van der Waals surface area (Å²) in [5.74, 6) is -1.72. The molecule has 7 nitrogen and oxygen atoms in total. The highest BCUT2D eigenvalue weighted by Crippen LogP contribution is 2.41. The normalized spacial score (nSPS) is 16.7. The number of anilines is 1. The molecule has 1 unspecified atom stereocenters. The molecule has 1 fully saturated rings. The van der Waals surface area contributed by atoms with E-state index in [-0.39, 0.29) is 43.9 Å². The molecule has 12 heteroatoms. The molecular weight excluding hydrogens is 554 g/mol. The largest absolute Gasteiger partial charge is 0.497 e. The summed E-state index contributed by atoms with van der Waals surface area (Å²) in [5.41, 5.74) is -4.86. The molecule has 1 saturated heterocycles. The molecule has 0 spiro atoms. The van der Waals surface area contributed by atoms with Crippen molar-refractivity contribution in [2.24, 2.45) is 0 Å². The minimum absolute atomic E-state index is 0.0408. The smallest absolute Gasteiger partial charge is 0.430 e. The molecule has 2 aromatic rings. The molecule has 220 valence electrons. The van der Waals surface area contributed by atoms with E-state index in [9.17, 15) is 27.9 Å². The Kier molecular flexibility index (Phi) is 9.62. The van der Waals surface area contributed by atoms with Gasteiger partial charge in [0.05, 0.1) is 17.7 Å². The quantitative estimate of drug-likeness (QED) is 0.416. The van der Waals surface area contributed by atoms with Crippen LogP contribution in [0.15, 0.2) is 42.5 Å². The van der Waals surface area contributed by atoms with Gasteiger partial charge in [-0.3, -0.25) is 9.59 Å². The van der Waals surface area contributed by atoms with Crippen LogP contribution in [0.1, 0.15) is 41.6 Å². The number of ether oxygens (including phenoxy) is 1. The number of carbonyl (C=O) groups excluding carboxylic acids is 2. The second-order valence-electron chi connectivity index (χ2n) is 10.3. The lowest BCUT2D eigenvalue weighted by molar-refractivity contribution is -0.261. The Morgan fingerprint density at radius 3 is 2.30 bits per heavy atom. The van der Waals surface area contributed by atoms with Gasteiger partial charge >= 0.3 is 6.18 Å². The maximum atomic E-state index is 15.6. The Hall–Kier alpha value is -3.05. The van der Waals surface area contributed by atoms with Crippen molar-refractivity contribution in [1.29, 1.82) is 0 Å². The van der Waals surface area contributed by atoms with Crippen LogP contribution in [0.3, 0.4) is 0 Å². The van der Waals surface area contributed by atoms with Gasteiger partial charge in [0.1, 0.15) is 11.4 Å². The third-order valence-electron chi connectivity index (χ3n) is 7.29. The molecule has 0 aliphatic carbocycles. The van der Waals surface area contributed by atoms with Gasteiger partial charge in [0.25, 0.3) is 17.4 Å². The number of amides is 2. The third-order valence-corrected chi connectivity index (χ3v) is 7.60. The monoisotopic (exact) mass is 587 g/mol. The minimum atomic E-state index is -5.29. The summed E-state index contributed by atoms with van der Waals surface area (Å²) < 4.78 is 62.5. The summed E-state index contributed by atoms with van der Waals surface area (Å²) >= 11 is 6.31. The van der Waals surface area contributed by atoms with Gasteiger partial charge < -0.3 is 24.5 Å². The van der Waals surface area contributed by atoms with E-state index < -0.39 is 28.9 Å². The Labute approximate surface area is 236 Å². The molecule has 0 saturated carbocycles. The van der Waals surface area contributed by atoms with Crippen molar-refractivity contribution >= 4 is 29.1 Å². The molecule has 3 rings (SSSR count). The zero-order valence-corrected chi connectivity index (χ0v) is 23.7. The van der Waals surface area contributed by atoms with Gasteiger partial charge in [-0.15, -0.1) is 0 Å². The maximum Gasteiger partial charge on any atom is 0.430 e. The highest BCUT2D eigenvalue weighted by atomic mass is 35.5. The van der Waals surface area contributed by atoms with Crippen LogP contribution < -0.4 is 9.64 Å². The summed E-state index contributed by atoms with van der Waals surface area (Å²) in [6.07, 6.45) is -4.79. The average Bonchev–Trinajstić information content (AvgIpc) is 2.91.